The fourth-order valence-corrected chi connectivity index (χ4v) is 3.46. The molecular formula is C23H23F2N3O4. The topological polar surface area (TPSA) is 113 Å². The summed E-state index contributed by atoms with van der Waals surface area (Å²) in [6.45, 7) is 1.32. The monoisotopic (exact) mass is 443 g/mol. The molecule has 3 rings (SSSR count). The fraction of sp³-hybridized carbons (Fsp3) is 0.261. The maximum atomic E-state index is 13.6. The quantitative estimate of drug-likeness (QED) is 0.611. The zero-order valence-electron chi connectivity index (χ0n) is 17.2. The van der Waals surface area contributed by atoms with Crippen LogP contribution in [0.1, 0.15) is 36.6 Å². The first-order valence-electron chi connectivity index (χ1n) is 9.97. The predicted molar refractivity (Wildman–Crippen MR) is 112 cm³/mol. The Labute approximate surface area is 183 Å². The molecule has 0 saturated heterocycles. The highest BCUT2D eigenvalue weighted by atomic mass is 19.1. The second-order valence-electron chi connectivity index (χ2n) is 7.52. The van der Waals surface area contributed by atoms with Crippen LogP contribution in [0, 0.1) is 11.6 Å². The second-order valence-corrected chi connectivity index (χ2v) is 7.52. The van der Waals surface area contributed by atoms with E-state index in [9.17, 15) is 28.3 Å². The number of halogens is 2. The molecule has 0 spiro atoms. The molecule has 0 aliphatic carbocycles. The van der Waals surface area contributed by atoms with E-state index >= 15 is 0 Å². The van der Waals surface area contributed by atoms with Crippen molar-refractivity contribution in [1.29, 1.82) is 0 Å². The third-order valence-corrected chi connectivity index (χ3v) is 5.05. The molecule has 0 unspecified atom stereocenters. The van der Waals surface area contributed by atoms with E-state index < -0.39 is 59.1 Å². The number of hydrogen-bond acceptors (Lipinski definition) is 5. The van der Waals surface area contributed by atoms with Gasteiger partial charge in [0.25, 0.3) is 5.91 Å². The minimum absolute atomic E-state index is 0.393. The number of hydrogen-bond donors (Lipinski definition) is 3. The average molecular weight is 443 g/mol. The first-order chi connectivity index (χ1) is 15.2. The number of aliphatic hydroxyl groups is 1. The molecule has 0 radical (unpaired) electrons. The first-order valence-corrected chi connectivity index (χ1v) is 9.97. The van der Waals surface area contributed by atoms with Crippen LogP contribution in [0.2, 0.25) is 0 Å². The molecule has 2 aromatic carbocycles. The number of nitrogens with two attached hydrogens (primary N) is 1. The van der Waals surface area contributed by atoms with E-state index in [2.05, 4.69) is 5.32 Å². The highest BCUT2D eigenvalue weighted by molar-refractivity contribution is 6.04. The second kappa shape index (κ2) is 9.80. The summed E-state index contributed by atoms with van der Waals surface area (Å²) >= 11 is 0. The molecule has 1 heterocycles. The minimum Gasteiger partial charge on any atom is -0.378 e. The summed E-state index contributed by atoms with van der Waals surface area (Å²) in [5.41, 5.74) is 6.11. The number of nitrogens with one attached hydrogen (secondary N) is 1. The smallest absolute Gasteiger partial charge is 0.263 e. The van der Waals surface area contributed by atoms with Gasteiger partial charge in [-0.1, -0.05) is 42.5 Å². The molecule has 7 nitrogen and oxygen atoms in total. The van der Waals surface area contributed by atoms with Crippen molar-refractivity contribution in [3.05, 3.63) is 83.4 Å². The molecule has 0 bridgehead atoms. The summed E-state index contributed by atoms with van der Waals surface area (Å²) in [6.07, 6.45) is 1.33. The van der Waals surface area contributed by atoms with Gasteiger partial charge in [0.2, 0.25) is 11.8 Å². The van der Waals surface area contributed by atoms with Gasteiger partial charge in [0.05, 0.1) is 12.1 Å². The molecule has 0 aromatic heterocycles. The number of rotatable bonds is 5. The van der Waals surface area contributed by atoms with E-state index in [1.54, 1.807) is 6.08 Å². The lowest BCUT2D eigenvalue weighted by atomic mass is 10.0. The summed E-state index contributed by atoms with van der Waals surface area (Å²) < 4.78 is 27.2. The summed E-state index contributed by atoms with van der Waals surface area (Å²) in [5, 5.41) is 13.3. The molecule has 9 heteroatoms. The van der Waals surface area contributed by atoms with Crippen molar-refractivity contribution in [3.63, 3.8) is 0 Å². The normalized spacial score (nSPS) is 20.1. The van der Waals surface area contributed by atoms with Crippen molar-refractivity contribution in [2.75, 3.05) is 0 Å². The van der Waals surface area contributed by atoms with Gasteiger partial charge in [-0.3, -0.25) is 19.3 Å². The maximum Gasteiger partial charge on any atom is 0.263 e. The lowest BCUT2D eigenvalue weighted by Crippen LogP contribution is -2.56. The lowest BCUT2D eigenvalue weighted by molar-refractivity contribution is -0.156. The van der Waals surface area contributed by atoms with Crippen LogP contribution in [0.25, 0.3) is 0 Å². The van der Waals surface area contributed by atoms with Gasteiger partial charge in [-0.2, -0.15) is 0 Å². The Kier molecular flexibility index (Phi) is 7.12. The zero-order valence-corrected chi connectivity index (χ0v) is 17.2. The Morgan fingerprint density at radius 3 is 2.34 bits per heavy atom. The molecule has 2 aromatic rings. The molecule has 168 valence electrons. The predicted octanol–water partition coefficient (Wildman–Crippen LogP) is 1.89. The minimum atomic E-state index is -2.09. The van der Waals surface area contributed by atoms with E-state index in [0.29, 0.717) is 17.4 Å². The highest BCUT2D eigenvalue weighted by Gasteiger charge is 2.39. The van der Waals surface area contributed by atoms with Crippen molar-refractivity contribution in [2.24, 2.45) is 5.73 Å². The van der Waals surface area contributed by atoms with Crippen LogP contribution in [0.5, 0.6) is 0 Å². The van der Waals surface area contributed by atoms with E-state index in [1.807, 2.05) is 30.3 Å². The summed E-state index contributed by atoms with van der Waals surface area (Å²) in [7, 11) is 0. The van der Waals surface area contributed by atoms with Crippen molar-refractivity contribution in [2.45, 2.75) is 37.6 Å². The molecule has 4 atom stereocenters. The van der Waals surface area contributed by atoms with Crippen LogP contribution in [0.15, 0.2) is 60.7 Å². The molecule has 0 fully saturated rings. The third-order valence-electron chi connectivity index (χ3n) is 5.05. The molecule has 1 aliphatic heterocycles. The van der Waals surface area contributed by atoms with Gasteiger partial charge in [-0.25, -0.2) is 8.78 Å². The summed E-state index contributed by atoms with van der Waals surface area (Å²) in [5.74, 6) is -4.81. The molecule has 3 amide bonds. The van der Waals surface area contributed by atoms with Gasteiger partial charge < -0.3 is 16.2 Å². The van der Waals surface area contributed by atoms with Crippen molar-refractivity contribution >= 4 is 17.7 Å². The maximum absolute atomic E-state index is 13.6. The number of carbonyl (C=O) groups is 3. The van der Waals surface area contributed by atoms with Gasteiger partial charge in [0.15, 0.2) is 6.10 Å². The number of amides is 3. The molecule has 32 heavy (non-hydrogen) atoms. The van der Waals surface area contributed by atoms with E-state index in [1.165, 1.54) is 13.0 Å². The van der Waals surface area contributed by atoms with Crippen LogP contribution < -0.4 is 11.1 Å². The fourth-order valence-electron chi connectivity index (χ4n) is 3.46. The van der Waals surface area contributed by atoms with Crippen LogP contribution in [0.3, 0.4) is 0 Å². The zero-order chi connectivity index (χ0) is 23.4. The molecule has 1 aliphatic rings. The van der Waals surface area contributed by atoms with Crippen LogP contribution >= 0.6 is 0 Å². The molecule has 4 N–H and O–H groups in total. The van der Waals surface area contributed by atoms with E-state index in [-0.39, 0.29) is 0 Å². The van der Waals surface area contributed by atoms with Crippen molar-refractivity contribution in [3.8, 4) is 0 Å². The van der Waals surface area contributed by atoms with E-state index in [0.717, 1.165) is 17.7 Å². The Balaban J connectivity index is 1.92. The third kappa shape index (κ3) is 5.06. The number of nitrogens with zero attached hydrogens (tertiary/aromatic N) is 1. The number of imide groups is 1. The number of carbonyl (C=O) groups excluding carboxylic acids is 3. The Morgan fingerprint density at radius 1 is 1.12 bits per heavy atom. The van der Waals surface area contributed by atoms with E-state index in [4.69, 9.17) is 5.73 Å². The Morgan fingerprint density at radius 2 is 1.75 bits per heavy atom. The van der Waals surface area contributed by atoms with Crippen molar-refractivity contribution in [1.82, 2.24) is 10.2 Å². The van der Waals surface area contributed by atoms with Crippen LogP contribution in [0.4, 0.5) is 8.78 Å². The molecule has 0 saturated carbocycles. The SMILES string of the molecule is C[C@H](N)C(=O)N(C(=O)[C@@H](O)c1cc(F)cc(F)c1)[C@H]1C=CC[C@H](c2ccccc2)NC1=O. The van der Waals surface area contributed by atoms with Gasteiger partial charge in [-0.05, 0) is 36.6 Å². The van der Waals surface area contributed by atoms with Gasteiger partial charge in [0.1, 0.15) is 17.7 Å². The van der Waals surface area contributed by atoms with Gasteiger partial charge in [-0.15, -0.1) is 0 Å². The molecular weight excluding hydrogens is 420 g/mol. The Hall–Kier alpha value is -3.43. The highest BCUT2D eigenvalue weighted by Crippen LogP contribution is 2.24. The standard InChI is InChI=1S/C23H23F2N3O4/c1-13(26)22(31)28(23(32)20(29)15-10-16(24)12-17(25)11-15)19-9-5-8-18(27-21(19)30)14-6-3-2-4-7-14/h2-7,9-13,18-20,29H,8,26H2,1H3,(H,27,30)/t13-,18+,19-,20-/m0/s1. The Bertz CT molecular complexity index is 1020. The van der Waals surface area contributed by atoms with Crippen LogP contribution in [-0.4, -0.2) is 39.8 Å². The lowest BCUT2D eigenvalue weighted by Gasteiger charge is -2.30. The summed E-state index contributed by atoms with van der Waals surface area (Å²) in [4.78, 5) is 39.4. The average Bonchev–Trinajstić information content (AvgIpc) is 2.95. The van der Waals surface area contributed by atoms with Crippen molar-refractivity contribution < 1.29 is 28.3 Å². The van der Waals surface area contributed by atoms with Gasteiger partial charge >= 0.3 is 0 Å². The first kappa shape index (κ1) is 23.2. The number of benzene rings is 2. The largest absolute Gasteiger partial charge is 0.378 e. The summed E-state index contributed by atoms with van der Waals surface area (Å²) in [6, 6.07) is 8.28. The van der Waals surface area contributed by atoms with Gasteiger partial charge in [0, 0.05) is 6.07 Å². The van der Waals surface area contributed by atoms with Crippen LogP contribution in [-0.2, 0) is 14.4 Å². The number of aliphatic hydroxyl groups excluding tert-OH is 1.